The second-order valence-electron chi connectivity index (χ2n) is 5.73. The molecule has 0 radical (unpaired) electrons. The lowest BCUT2D eigenvalue weighted by Gasteiger charge is -2.14. The van der Waals surface area contributed by atoms with E-state index in [1.807, 2.05) is 19.4 Å². The van der Waals surface area contributed by atoms with E-state index in [4.69, 9.17) is 0 Å². The average Bonchev–Trinajstić information content (AvgIpc) is 2.91. The average molecular weight is 285 g/mol. The highest BCUT2D eigenvalue weighted by Gasteiger charge is 2.05. The van der Waals surface area contributed by atoms with Gasteiger partial charge in [-0.25, -0.2) is 4.98 Å². The number of imidazole rings is 1. The van der Waals surface area contributed by atoms with Gasteiger partial charge in [0.2, 0.25) is 0 Å². The Kier molecular flexibility index (Phi) is 6.00. The largest absolute Gasteiger partial charge is 0.338 e. The molecule has 1 aromatic carbocycles. The Morgan fingerprint density at radius 1 is 1.19 bits per heavy atom. The summed E-state index contributed by atoms with van der Waals surface area (Å²) >= 11 is 0. The smallest absolute Gasteiger partial charge is 0.109 e. The van der Waals surface area contributed by atoms with Crippen molar-refractivity contribution in [1.29, 1.82) is 0 Å². The molecular weight excluding hydrogens is 258 g/mol. The Balaban J connectivity index is 1.80. The third-order valence-electron chi connectivity index (χ3n) is 4.02. The molecule has 0 aliphatic heterocycles. The number of nitrogens with one attached hydrogen (secondary N) is 1. The second kappa shape index (κ2) is 7.99. The van der Waals surface area contributed by atoms with Crippen LogP contribution in [-0.2, 0) is 19.9 Å². The summed E-state index contributed by atoms with van der Waals surface area (Å²) in [6.07, 6.45) is 8.53. The summed E-state index contributed by atoms with van der Waals surface area (Å²) in [4.78, 5) is 4.35. The highest BCUT2D eigenvalue weighted by molar-refractivity contribution is 5.24. The van der Waals surface area contributed by atoms with Crippen LogP contribution in [0.3, 0.4) is 0 Å². The van der Waals surface area contributed by atoms with E-state index in [9.17, 15) is 0 Å². The van der Waals surface area contributed by atoms with Crippen LogP contribution in [0.5, 0.6) is 0 Å². The zero-order chi connectivity index (χ0) is 15.1. The van der Waals surface area contributed by atoms with Crippen molar-refractivity contribution in [2.75, 3.05) is 6.54 Å². The van der Waals surface area contributed by atoms with E-state index in [0.29, 0.717) is 6.04 Å². The molecule has 0 aliphatic rings. The molecule has 1 aromatic heterocycles. The van der Waals surface area contributed by atoms with E-state index in [-0.39, 0.29) is 0 Å². The molecule has 0 aliphatic carbocycles. The number of unbranched alkanes of at least 4 members (excludes halogenated alkanes) is 1. The highest BCUT2D eigenvalue weighted by Crippen LogP contribution is 2.14. The van der Waals surface area contributed by atoms with E-state index in [1.165, 1.54) is 30.4 Å². The van der Waals surface area contributed by atoms with Gasteiger partial charge < -0.3 is 9.88 Å². The van der Waals surface area contributed by atoms with Crippen LogP contribution >= 0.6 is 0 Å². The molecule has 2 rings (SSSR count). The van der Waals surface area contributed by atoms with Gasteiger partial charge in [0, 0.05) is 38.4 Å². The zero-order valence-electron chi connectivity index (χ0n) is 13.5. The fraction of sp³-hybridized carbons (Fsp3) is 0.500. The van der Waals surface area contributed by atoms with Crippen molar-refractivity contribution >= 4 is 0 Å². The number of aromatic nitrogens is 2. The first-order valence-corrected chi connectivity index (χ1v) is 7.99. The van der Waals surface area contributed by atoms with Crippen molar-refractivity contribution in [2.45, 2.75) is 45.6 Å². The molecule has 0 bridgehead atoms. The van der Waals surface area contributed by atoms with Gasteiger partial charge in [0.05, 0.1) is 0 Å². The topological polar surface area (TPSA) is 29.9 Å². The van der Waals surface area contributed by atoms with Crippen LogP contribution in [0.25, 0.3) is 0 Å². The number of nitrogens with zero attached hydrogens (tertiary/aromatic N) is 2. The molecule has 1 N–H and O–H groups in total. The van der Waals surface area contributed by atoms with Gasteiger partial charge >= 0.3 is 0 Å². The zero-order valence-corrected chi connectivity index (χ0v) is 13.5. The fourth-order valence-electron chi connectivity index (χ4n) is 2.51. The Labute approximate surface area is 128 Å². The highest BCUT2D eigenvalue weighted by atomic mass is 15.0. The van der Waals surface area contributed by atoms with Gasteiger partial charge in [0.15, 0.2) is 0 Å². The number of aryl methyl sites for hydroxylation is 2. The Morgan fingerprint density at radius 3 is 2.57 bits per heavy atom. The number of hydrogen-bond acceptors (Lipinski definition) is 2. The summed E-state index contributed by atoms with van der Waals surface area (Å²) in [7, 11) is 2.04. The summed E-state index contributed by atoms with van der Waals surface area (Å²) < 4.78 is 2.08. The quantitative estimate of drug-likeness (QED) is 0.802. The van der Waals surface area contributed by atoms with E-state index >= 15 is 0 Å². The lowest BCUT2D eigenvalue weighted by atomic mass is 10.0. The molecule has 114 valence electrons. The summed E-state index contributed by atoms with van der Waals surface area (Å²) in [5.41, 5.74) is 2.80. The van der Waals surface area contributed by atoms with Crippen LogP contribution in [0.2, 0.25) is 0 Å². The predicted molar refractivity (Wildman–Crippen MR) is 88.4 cm³/mol. The van der Waals surface area contributed by atoms with Crippen LogP contribution in [0.15, 0.2) is 36.7 Å². The minimum atomic E-state index is 0.380. The molecule has 1 heterocycles. The van der Waals surface area contributed by atoms with Crippen LogP contribution in [0.4, 0.5) is 0 Å². The van der Waals surface area contributed by atoms with Crippen molar-refractivity contribution in [3.63, 3.8) is 0 Å². The Hall–Kier alpha value is -1.61. The monoisotopic (exact) mass is 285 g/mol. The molecule has 0 spiro atoms. The van der Waals surface area contributed by atoms with E-state index in [0.717, 1.165) is 18.8 Å². The summed E-state index contributed by atoms with van der Waals surface area (Å²) in [5, 5.41) is 3.57. The maximum absolute atomic E-state index is 4.35. The van der Waals surface area contributed by atoms with Gasteiger partial charge in [-0.15, -0.1) is 0 Å². The fourth-order valence-corrected chi connectivity index (χ4v) is 2.51. The third-order valence-corrected chi connectivity index (χ3v) is 4.02. The number of rotatable bonds is 8. The van der Waals surface area contributed by atoms with Crippen molar-refractivity contribution in [2.24, 2.45) is 7.05 Å². The molecule has 3 nitrogen and oxygen atoms in total. The van der Waals surface area contributed by atoms with Crippen LogP contribution in [0.1, 0.15) is 49.7 Å². The number of hydrogen-bond donors (Lipinski definition) is 1. The van der Waals surface area contributed by atoms with Crippen LogP contribution < -0.4 is 5.32 Å². The first-order chi connectivity index (χ1) is 10.2. The minimum absolute atomic E-state index is 0.380. The third kappa shape index (κ3) is 4.71. The van der Waals surface area contributed by atoms with Gasteiger partial charge in [0.25, 0.3) is 0 Å². The standard InChI is InChI=1S/C18H27N3/c1-4-5-6-16-7-9-17(10-8-16)15(2)19-12-11-18-20-13-14-21(18)3/h7-10,13-15,19H,4-6,11-12H2,1-3H3. The summed E-state index contributed by atoms with van der Waals surface area (Å²) in [6, 6.07) is 9.42. The molecule has 21 heavy (non-hydrogen) atoms. The van der Waals surface area contributed by atoms with Crippen LogP contribution in [0, 0.1) is 0 Å². The van der Waals surface area contributed by atoms with Crippen LogP contribution in [-0.4, -0.2) is 16.1 Å². The predicted octanol–water partition coefficient (Wildman–Crippen LogP) is 3.66. The second-order valence-corrected chi connectivity index (χ2v) is 5.73. The van der Waals surface area contributed by atoms with E-state index in [2.05, 4.69) is 53.0 Å². The van der Waals surface area contributed by atoms with Crippen molar-refractivity contribution < 1.29 is 0 Å². The van der Waals surface area contributed by atoms with Gasteiger partial charge in [-0.05, 0) is 30.9 Å². The van der Waals surface area contributed by atoms with Crippen molar-refractivity contribution in [3.05, 3.63) is 53.6 Å². The maximum atomic E-state index is 4.35. The van der Waals surface area contributed by atoms with Gasteiger partial charge in [-0.1, -0.05) is 37.6 Å². The summed E-state index contributed by atoms with van der Waals surface area (Å²) in [5.74, 6) is 1.13. The Bertz CT molecular complexity index is 528. The first kappa shape index (κ1) is 15.8. The lowest BCUT2D eigenvalue weighted by Crippen LogP contribution is -2.22. The lowest BCUT2D eigenvalue weighted by molar-refractivity contribution is 0.565. The maximum Gasteiger partial charge on any atom is 0.109 e. The molecule has 1 atom stereocenters. The molecule has 3 heteroatoms. The molecule has 0 saturated carbocycles. The van der Waals surface area contributed by atoms with Crippen molar-refractivity contribution in [1.82, 2.24) is 14.9 Å². The first-order valence-electron chi connectivity index (χ1n) is 7.99. The number of benzene rings is 1. The van der Waals surface area contributed by atoms with Gasteiger partial charge in [0.1, 0.15) is 5.82 Å². The summed E-state index contributed by atoms with van der Waals surface area (Å²) in [6.45, 7) is 5.41. The minimum Gasteiger partial charge on any atom is -0.338 e. The molecule has 0 saturated heterocycles. The molecule has 0 amide bonds. The van der Waals surface area contributed by atoms with Gasteiger partial charge in [-0.3, -0.25) is 0 Å². The van der Waals surface area contributed by atoms with Gasteiger partial charge in [-0.2, -0.15) is 0 Å². The molecular formula is C18H27N3. The molecule has 2 aromatic rings. The molecule has 1 unspecified atom stereocenters. The van der Waals surface area contributed by atoms with Crippen molar-refractivity contribution in [3.8, 4) is 0 Å². The Morgan fingerprint density at radius 2 is 1.95 bits per heavy atom. The normalized spacial score (nSPS) is 12.5. The SMILES string of the molecule is CCCCc1ccc(C(C)NCCc2nccn2C)cc1. The van der Waals surface area contributed by atoms with E-state index in [1.54, 1.807) is 0 Å². The van der Waals surface area contributed by atoms with E-state index < -0.39 is 0 Å². The molecule has 0 fully saturated rings.